The molecular weight excluding hydrogens is 363 g/mol. The molecule has 0 atom stereocenters. The Hall–Kier alpha value is -2.24. The number of hydrogen-bond donors (Lipinski definition) is 0. The fourth-order valence-electron chi connectivity index (χ4n) is 2.05. The lowest BCUT2D eigenvalue weighted by Gasteiger charge is -2.20. The molecule has 2 amide bonds. The van der Waals surface area contributed by atoms with Crippen molar-refractivity contribution in [3.63, 3.8) is 0 Å². The zero-order chi connectivity index (χ0) is 18.6. The Bertz CT molecular complexity index is 778. The highest BCUT2D eigenvalue weighted by Crippen LogP contribution is 2.27. The summed E-state index contributed by atoms with van der Waals surface area (Å²) in [6, 6.07) is 11.9. The maximum atomic E-state index is 12.3. The van der Waals surface area contributed by atoms with E-state index < -0.39 is 0 Å². The van der Waals surface area contributed by atoms with Crippen LogP contribution in [0.25, 0.3) is 0 Å². The summed E-state index contributed by atoms with van der Waals surface area (Å²) in [5.74, 6) is 0.0929. The lowest BCUT2D eigenvalue weighted by atomic mass is 10.2. The molecule has 25 heavy (non-hydrogen) atoms. The van der Waals surface area contributed by atoms with E-state index in [9.17, 15) is 9.59 Å². The highest BCUT2D eigenvalue weighted by Gasteiger charge is 2.14. The fraction of sp³-hybridized carbons (Fsp3) is 0.222. The Morgan fingerprint density at radius 3 is 2.04 bits per heavy atom. The summed E-state index contributed by atoms with van der Waals surface area (Å²) in [4.78, 5) is 26.7. The first kappa shape index (κ1) is 19.1. The average molecular weight is 381 g/mol. The van der Waals surface area contributed by atoms with Crippen molar-refractivity contribution >= 4 is 46.4 Å². The number of carbonyl (C=O) groups is 2. The minimum absolute atomic E-state index is 0.0644. The highest BCUT2D eigenvalue weighted by molar-refractivity contribution is 6.35. The molecule has 0 aliphatic rings. The van der Waals surface area contributed by atoms with E-state index in [-0.39, 0.29) is 18.4 Å². The van der Waals surface area contributed by atoms with Crippen LogP contribution in [0.2, 0.25) is 10.0 Å². The molecule has 2 aromatic carbocycles. The third-order valence-electron chi connectivity index (χ3n) is 3.72. The van der Waals surface area contributed by atoms with Crippen molar-refractivity contribution in [1.29, 1.82) is 0 Å². The van der Waals surface area contributed by atoms with Crippen molar-refractivity contribution in [1.82, 2.24) is 0 Å². The summed E-state index contributed by atoms with van der Waals surface area (Å²) in [6.07, 6.45) is 0. The van der Waals surface area contributed by atoms with Gasteiger partial charge in [-0.25, -0.2) is 0 Å². The second-order valence-corrected chi connectivity index (χ2v) is 6.25. The number of rotatable bonds is 5. The molecular formula is C18H18Cl2N2O3. The quantitative estimate of drug-likeness (QED) is 0.786. The Morgan fingerprint density at radius 2 is 1.52 bits per heavy atom. The van der Waals surface area contributed by atoms with E-state index in [2.05, 4.69) is 0 Å². The first-order valence-electron chi connectivity index (χ1n) is 7.48. The molecule has 0 N–H and O–H groups in total. The minimum atomic E-state index is -0.237. The van der Waals surface area contributed by atoms with E-state index in [1.54, 1.807) is 56.6 Å². The number of halogens is 2. The van der Waals surface area contributed by atoms with E-state index in [0.29, 0.717) is 21.5 Å². The number of carbonyl (C=O) groups excluding carboxylic acids is 2. The van der Waals surface area contributed by atoms with Crippen LogP contribution in [0.15, 0.2) is 42.5 Å². The monoisotopic (exact) mass is 380 g/mol. The SMILES string of the molecule is CC(=O)N(C)c1ccc(N(C)C(=O)COc2ccc(Cl)cc2Cl)cc1. The van der Waals surface area contributed by atoms with Crippen molar-refractivity contribution in [3.8, 4) is 5.75 Å². The number of nitrogens with zero attached hydrogens (tertiary/aromatic N) is 2. The van der Waals surface area contributed by atoms with Gasteiger partial charge in [-0.05, 0) is 42.5 Å². The van der Waals surface area contributed by atoms with Gasteiger partial charge >= 0.3 is 0 Å². The number of likely N-dealkylation sites (N-methyl/N-ethyl adjacent to an activating group) is 1. The average Bonchev–Trinajstić information content (AvgIpc) is 2.59. The van der Waals surface area contributed by atoms with E-state index in [0.717, 1.165) is 5.69 Å². The number of hydrogen-bond acceptors (Lipinski definition) is 3. The molecule has 2 rings (SSSR count). The second-order valence-electron chi connectivity index (χ2n) is 5.41. The van der Waals surface area contributed by atoms with Gasteiger partial charge in [0, 0.05) is 37.4 Å². The third-order valence-corrected chi connectivity index (χ3v) is 4.25. The molecule has 0 heterocycles. The third kappa shape index (κ3) is 4.87. The molecule has 7 heteroatoms. The smallest absolute Gasteiger partial charge is 0.264 e. The highest BCUT2D eigenvalue weighted by atomic mass is 35.5. The van der Waals surface area contributed by atoms with Crippen LogP contribution in [0.4, 0.5) is 11.4 Å². The van der Waals surface area contributed by atoms with Gasteiger partial charge in [-0.1, -0.05) is 23.2 Å². The maximum Gasteiger partial charge on any atom is 0.264 e. The lowest BCUT2D eigenvalue weighted by Crippen LogP contribution is -2.31. The molecule has 0 fully saturated rings. The van der Waals surface area contributed by atoms with E-state index in [4.69, 9.17) is 27.9 Å². The van der Waals surface area contributed by atoms with Crippen LogP contribution >= 0.6 is 23.2 Å². The molecule has 0 aliphatic heterocycles. The first-order chi connectivity index (χ1) is 11.8. The zero-order valence-corrected chi connectivity index (χ0v) is 15.6. The first-order valence-corrected chi connectivity index (χ1v) is 8.24. The van der Waals surface area contributed by atoms with E-state index >= 15 is 0 Å². The van der Waals surface area contributed by atoms with Crippen LogP contribution in [-0.4, -0.2) is 32.5 Å². The van der Waals surface area contributed by atoms with Crippen molar-refractivity contribution < 1.29 is 14.3 Å². The van der Waals surface area contributed by atoms with Crippen molar-refractivity contribution in [2.24, 2.45) is 0 Å². The molecule has 132 valence electrons. The van der Waals surface area contributed by atoms with Gasteiger partial charge in [0.25, 0.3) is 5.91 Å². The van der Waals surface area contributed by atoms with Crippen molar-refractivity contribution in [2.75, 3.05) is 30.5 Å². The van der Waals surface area contributed by atoms with Gasteiger partial charge in [0.05, 0.1) is 5.02 Å². The zero-order valence-electron chi connectivity index (χ0n) is 14.1. The summed E-state index contributed by atoms with van der Waals surface area (Å²) in [5, 5.41) is 0.844. The number of anilines is 2. The molecule has 0 radical (unpaired) electrons. The lowest BCUT2D eigenvalue weighted by molar-refractivity contribution is -0.120. The number of amides is 2. The molecule has 2 aromatic rings. The molecule has 5 nitrogen and oxygen atoms in total. The van der Waals surface area contributed by atoms with Crippen LogP contribution in [0, 0.1) is 0 Å². The van der Waals surface area contributed by atoms with Crippen LogP contribution in [0.1, 0.15) is 6.92 Å². The van der Waals surface area contributed by atoms with Gasteiger partial charge in [0.1, 0.15) is 5.75 Å². The molecule has 0 saturated heterocycles. The van der Waals surface area contributed by atoms with E-state index in [1.165, 1.54) is 16.7 Å². The molecule has 0 spiro atoms. The fourth-order valence-corrected chi connectivity index (χ4v) is 2.52. The topological polar surface area (TPSA) is 49.9 Å². The summed E-state index contributed by atoms with van der Waals surface area (Å²) < 4.78 is 5.45. The molecule has 0 saturated carbocycles. The largest absolute Gasteiger partial charge is 0.482 e. The Morgan fingerprint density at radius 1 is 0.960 bits per heavy atom. The summed E-state index contributed by atoms with van der Waals surface area (Å²) in [5.41, 5.74) is 1.44. The van der Waals surface area contributed by atoms with Gasteiger partial charge < -0.3 is 14.5 Å². The predicted octanol–water partition coefficient (Wildman–Crippen LogP) is 4.02. The molecule has 0 unspecified atom stereocenters. The second kappa shape index (κ2) is 8.23. The Labute approximate surface area is 156 Å². The van der Waals surface area contributed by atoms with Crippen molar-refractivity contribution in [2.45, 2.75) is 6.92 Å². The van der Waals surface area contributed by atoms with E-state index in [1.807, 2.05) is 0 Å². The van der Waals surface area contributed by atoms with Crippen LogP contribution in [-0.2, 0) is 9.59 Å². The summed E-state index contributed by atoms with van der Waals surface area (Å²) in [7, 11) is 3.34. The molecule has 0 bridgehead atoms. The summed E-state index contributed by atoms with van der Waals surface area (Å²) >= 11 is 11.8. The normalized spacial score (nSPS) is 10.3. The van der Waals surface area contributed by atoms with Gasteiger partial charge in [-0.3, -0.25) is 9.59 Å². The summed E-state index contributed by atoms with van der Waals surface area (Å²) in [6.45, 7) is 1.33. The number of benzene rings is 2. The van der Waals surface area contributed by atoms with Gasteiger partial charge in [-0.2, -0.15) is 0 Å². The predicted molar refractivity (Wildman–Crippen MR) is 101 cm³/mol. The van der Waals surface area contributed by atoms with Crippen LogP contribution in [0.3, 0.4) is 0 Å². The van der Waals surface area contributed by atoms with Crippen LogP contribution in [0.5, 0.6) is 5.75 Å². The standard InChI is InChI=1S/C18H18Cl2N2O3/c1-12(23)21(2)14-5-7-15(8-6-14)22(3)18(24)11-25-17-9-4-13(19)10-16(17)20/h4-10H,11H2,1-3H3. The van der Waals surface area contributed by atoms with Crippen LogP contribution < -0.4 is 14.5 Å². The number of ether oxygens (including phenoxy) is 1. The maximum absolute atomic E-state index is 12.3. The Kier molecular flexibility index (Phi) is 6.28. The van der Waals surface area contributed by atoms with Gasteiger partial charge in [-0.15, -0.1) is 0 Å². The van der Waals surface area contributed by atoms with Crippen molar-refractivity contribution in [3.05, 3.63) is 52.5 Å². The van der Waals surface area contributed by atoms with Gasteiger partial charge in [0.15, 0.2) is 6.61 Å². The Balaban J connectivity index is 2.00. The molecule has 0 aromatic heterocycles. The minimum Gasteiger partial charge on any atom is -0.482 e. The molecule has 0 aliphatic carbocycles. The van der Waals surface area contributed by atoms with Gasteiger partial charge in [0.2, 0.25) is 5.91 Å².